The van der Waals surface area contributed by atoms with Gasteiger partial charge in [0.2, 0.25) is 0 Å². The largest absolute Gasteiger partial charge is 0.145 e. The number of hydrogen-bond donors (Lipinski definition) is 0. The predicted molar refractivity (Wildman–Crippen MR) is 48.1 cm³/mol. The third kappa shape index (κ3) is 2.49. The van der Waals surface area contributed by atoms with Gasteiger partial charge in [-0.3, -0.25) is 0 Å². The molecular formula is C9H12S. The van der Waals surface area contributed by atoms with Gasteiger partial charge in [-0.2, -0.15) is 0 Å². The summed E-state index contributed by atoms with van der Waals surface area (Å²) in [5.41, 5.74) is 1.63. The quantitative estimate of drug-likeness (QED) is 0.340. The Labute approximate surface area is 67.1 Å². The summed E-state index contributed by atoms with van der Waals surface area (Å²) in [6.45, 7) is 0. The minimum absolute atomic E-state index is 0.851. The minimum atomic E-state index is 0.851. The molecule has 0 aromatic carbocycles. The standard InChI is InChI=1S/C9H12S/c1-2-7-10-8-6-9-4-3-5-9/h1,6H,3-5,7-8H2. The molecule has 1 fully saturated rings. The Kier molecular flexibility index (Phi) is 3.46. The van der Waals surface area contributed by atoms with Crippen LogP contribution in [0.3, 0.4) is 0 Å². The lowest BCUT2D eigenvalue weighted by atomic mass is 9.93. The van der Waals surface area contributed by atoms with Crippen LogP contribution in [0.4, 0.5) is 0 Å². The van der Waals surface area contributed by atoms with Crippen molar-refractivity contribution in [3.63, 3.8) is 0 Å². The first-order valence-corrected chi connectivity index (χ1v) is 4.78. The second-order valence-corrected chi connectivity index (χ2v) is 3.47. The number of rotatable bonds is 3. The van der Waals surface area contributed by atoms with E-state index >= 15 is 0 Å². The highest BCUT2D eigenvalue weighted by molar-refractivity contribution is 7.99. The SMILES string of the molecule is C#CCSCC=C1CCC1. The first-order chi connectivity index (χ1) is 4.93. The van der Waals surface area contributed by atoms with E-state index in [0.29, 0.717) is 0 Å². The molecule has 0 aromatic rings. The van der Waals surface area contributed by atoms with Crippen LogP contribution >= 0.6 is 11.8 Å². The van der Waals surface area contributed by atoms with Crippen LogP contribution in [0.2, 0.25) is 0 Å². The topological polar surface area (TPSA) is 0 Å². The third-order valence-corrected chi connectivity index (χ3v) is 2.44. The maximum atomic E-state index is 5.10. The summed E-state index contributed by atoms with van der Waals surface area (Å²) in [5, 5.41) is 0. The molecule has 0 bridgehead atoms. The van der Waals surface area contributed by atoms with E-state index in [-0.39, 0.29) is 0 Å². The fourth-order valence-electron chi connectivity index (χ4n) is 0.880. The minimum Gasteiger partial charge on any atom is -0.145 e. The van der Waals surface area contributed by atoms with Gasteiger partial charge in [-0.05, 0) is 19.3 Å². The van der Waals surface area contributed by atoms with Crippen LogP contribution in [-0.4, -0.2) is 11.5 Å². The monoisotopic (exact) mass is 152 g/mol. The van der Waals surface area contributed by atoms with E-state index in [0.717, 1.165) is 11.5 Å². The molecule has 0 aliphatic heterocycles. The Balaban J connectivity index is 1.99. The van der Waals surface area contributed by atoms with E-state index in [9.17, 15) is 0 Å². The Morgan fingerprint density at radius 3 is 2.90 bits per heavy atom. The van der Waals surface area contributed by atoms with Crippen LogP contribution in [-0.2, 0) is 0 Å². The summed E-state index contributed by atoms with van der Waals surface area (Å²) in [7, 11) is 0. The smallest absolute Gasteiger partial charge is 0.0547 e. The van der Waals surface area contributed by atoms with Crippen LogP contribution in [0.1, 0.15) is 19.3 Å². The van der Waals surface area contributed by atoms with Gasteiger partial charge in [0.05, 0.1) is 5.75 Å². The normalized spacial score (nSPS) is 15.7. The summed E-state index contributed by atoms with van der Waals surface area (Å²) in [6.07, 6.45) is 11.5. The molecule has 0 saturated heterocycles. The summed E-state index contributed by atoms with van der Waals surface area (Å²) in [4.78, 5) is 0. The Morgan fingerprint density at radius 1 is 1.60 bits per heavy atom. The van der Waals surface area contributed by atoms with E-state index < -0.39 is 0 Å². The number of thioether (sulfide) groups is 1. The molecule has 1 rings (SSSR count). The molecule has 0 heterocycles. The molecule has 0 nitrogen and oxygen atoms in total. The zero-order valence-electron chi connectivity index (χ0n) is 6.10. The summed E-state index contributed by atoms with van der Waals surface area (Å²) in [5.74, 6) is 4.57. The molecule has 0 unspecified atom stereocenters. The molecule has 1 saturated carbocycles. The van der Waals surface area contributed by atoms with Crippen molar-refractivity contribution in [1.29, 1.82) is 0 Å². The van der Waals surface area contributed by atoms with Crippen LogP contribution in [0.15, 0.2) is 11.6 Å². The van der Waals surface area contributed by atoms with E-state index in [1.807, 2.05) is 11.8 Å². The van der Waals surface area contributed by atoms with Gasteiger partial charge in [0, 0.05) is 5.75 Å². The lowest BCUT2D eigenvalue weighted by Gasteiger charge is -2.15. The molecule has 1 aliphatic rings. The van der Waals surface area contributed by atoms with Gasteiger partial charge < -0.3 is 0 Å². The van der Waals surface area contributed by atoms with E-state index in [2.05, 4.69) is 12.0 Å². The van der Waals surface area contributed by atoms with Gasteiger partial charge in [-0.15, -0.1) is 18.2 Å². The number of allylic oxidation sites excluding steroid dienone is 1. The third-order valence-electron chi connectivity index (χ3n) is 1.67. The van der Waals surface area contributed by atoms with Crippen molar-refractivity contribution < 1.29 is 0 Å². The van der Waals surface area contributed by atoms with Gasteiger partial charge in [0.1, 0.15) is 0 Å². The van der Waals surface area contributed by atoms with Crippen LogP contribution < -0.4 is 0 Å². The zero-order valence-corrected chi connectivity index (χ0v) is 6.91. The maximum Gasteiger partial charge on any atom is 0.0547 e. The summed E-state index contributed by atoms with van der Waals surface area (Å²) >= 11 is 1.82. The maximum absolute atomic E-state index is 5.10. The fourth-order valence-corrected chi connectivity index (χ4v) is 1.47. The van der Waals surface area contributed by atoms with Crippen molar-refractivity contribution in [1.82, 2.24) is 0 Å². The van der Waals surface area contributed by atoms with E-state index in [1.165, 1.54) is 19.3 Å². The lowest BCUT2D eigenvalue weighted by molar-refractivity contribution is 0.661. The molecule has 0 spiro atoms. The molecule has 0 amide bonds. The van der Waals surface area contributed by atoms with Gasteiger partial charge in [0.25, 0.3) is 0 Å². The first kappa shape index (κ1) is 7.75. The molecule has 0 atom stereocenters. The van der Waals surface area contributed by atoms with Crippen molar-refractivity contribution in [2.24, 2.45) is 0 Å². The Bertz CT molecular complexity index is 156. The molecular weight excluding hydrogens is 140 g/mol. The van der Waals surface area contributed by atoms with Crippen molar-refractivity contribution in [3.8, 4) is 12.3 Å². The van der Waals surface area contributed by atoms with Crippen molar-refractivity contribution in [3.05, 3.63) is 11.6 Å². The number of terminal acetylenes is 1. The molecule has 1 aliphatic carbocycles. The summed E-state index contributed by atoms with van der Waals surface area (Å²) < 4.78 is 0. The van der Waals surface area contributed by atoms with Gasteiger partial charge in [0.15, 0.2) is 0 Å². The molecule has 54 valence electrons. The highest BCUT2D eigenvalue weighted by Gasteiger charge is 2.06. The highest BCUT2D eigenvalue weighted by atomic mass is 32.2. The van der Waals surface area contributed by atoms with Crippen molar-refractivity contribution in [2.45, 2.75) is 19.3 Å². The first-order valence-electron chi connectivity index (χ1n) is 3.62. The van der Waals surface area contributed by atoms with Gasteiger partial charge in [-0.25, -0.2) is 0 Å². The van der Waals surface area contributed by atoms with Crippen LogP contribution in [0.5, 0.6) is 0 Å². The van der Waals surface area contributed by atoms with Crippen LogP contribution in [0.25, 0.3) is 0 Å². The molecule has 0 N–H and O–H groups in total. The second-order valence-electron chi connectivity index (χ2n) is 2.44. The van der Waals surface area contributed by atoms with Crippen LogP contribution in [0, 0.1) is 12.3 Å². The molecule has 0 radical (unpaired) electrons. The Hall–Kier alpha value is -0.350. The molecule has 0 aromatic heterocycles. The van der Waals surface area contributed by atoms with E-state index in [4.69, 9.17) is 6.42 Å². The van der Waals surface area contributed by atoms with Gasteiger partial charge >= 0.3 is 0 Å². The van der Waals surface area contributed by atoms with Crippen molar-refractivity contribution >= 4 is 11.8 Å². The highest BCUT2D eigenvalue weighted by Crippen LogP contribution is 2.25. The van der Waals surface area contributed by atoms with Crippen molar-refractivity contribution in [2.75, 3.05) is 11.5 Å². The predicted octanol–water partition coefficient (Wildman–Crippen LogP) is 2.46. The van der Waals surface area contributed by atoms with Gasteiger partial charge in [-0.1, -0.05) is 17.6 Å². The average molecular weight is 152 g/mol. The fraction of sp³-hybridized carbons (Fsp3) is 0.556. The molecule has 10 heavy (non-hydrogen) atoms. The Morgan fingerprint density at radius 2 is 2.40 bits per heavy atom. The number of hydrogen-bond acceptors (Lipinski definition) is 1. The lowest BCUT2D eigenvalue weighted by Crippen LogP contribution is -1.96. The second kappa shape index (κ2) is 4.46. The average Bonchev–Trinajstić information content (AvgIpc) is 1.84. The molecule has 1 heteroatoms. The zero-order chi connectivity index (χ0) is 7.23. The summed E-state index contributed by atoms with van der Waals surface area (Å²) in [6, 6.07) is 0. The van der Waals surface area contributed by atoms with E-state index in [1.54, 1.807) is 5.57 Å².